The molecule has 0 radical (unpaired) electrons. The van der Waals surface area contributed by atoms with Crippen molar-refractivity contribution in [2.45, 2.75) is 52.2 Å². The molecule has 17 heavy (non-hydrogen) atoms. The van der Waals surface area contributed by atoms with E-state index in [1.165, 1.54) is 17.8 Å². The van der Waals surface area contributed by atoms with Crippen molar-refractivity contribution < 1.29 is 5.11 Å². The average molecular weight is 237 g/mol. The number of aliphatic hydroxyl groups excluding tert-OH is 1. The Morgan fingerprint density at radius 2 is 2.29 bits per heavy atom. The summed E-state index contributed by atoms with van der Waals surface area (Å²) in [6, 6.07) is 2.55. The summed E-state index contributed by atoms with van der Waals surface area (Å²) in [5, 5.41) is 13.9. The van der Waals surface area contributed by atoms with Crippen molar-refractivity contribution in [2.75, 3.05) is 13.2 Å². The Hall–Kier alpha value is -0.870. The predicted octanol–water partition coefficient (Wildman–Crippen LogP) is 1.42. The summed E-state index contributed by atoms with van der Waals surface area (Å²) in [6.07, 6.45) is 3.31. The van der Waals surface area contributed by atoms with Gasteiger partial charge in [0.2, 0.25) is 0 Å². The molecule has 0 aliphatic carbocycles. The van der Waals surface area contributed by atoms with Crippen LogP contribution in [0.3, 0.4) is 0 Å². The van der Waals surface area contributed by atoms with Gasteiger partial charge in [0.1, 0.15) is 0 Å². The van der Waals surface area contributed by atoms with E-state index in [9.17, 15) is 5.11 Å². The highest BCUT2D eigenvalue weighted by atomic mass is 16.3. The Bertz CT molecular complexity index is 362. The summed E-state index contributed by atoms with van der Waals surface area (Å²) in [5.74, 6) is 0. The third kappa shape index (κ3) is 2.69. The van der Waals surface area contributed by atoms with Gasteiger partial charge in [0.25, 0.3) is 0 Å². The molecule has 4 nitrogen and oxygen atoms in total. The molecule has 1 fully saturated rings. The monoisotopic (exact) mass is 237 g/mol. The SMILES string of the molecule is CCc1cc(CN2CCCC2CO)n(CC)n1. The van der Waals surface area contributed by atoms with Gasteiger partial charge in [0.15, 0.2) is 0 Å². The third-order valence-electron chi connectivity index (χ3n) is 3.65. The maximum absolute atomic E-state index is 9.33. The van der Waals surface area contributed by atoms with Gasteiger partial charge < -0.3 is 5.11 Å². The fourth-order valence-electron chi connectivity index (χ4n) is 2.61. The third-order valence-corrected chi connectivity index (χ3v) is 3.65. The first-order valence-corrected chi connectivity index (χ1v) is 6.69. The lowest BCUT2D eigenvalue weighted by Crippen LogP contribution is -2.32. The highest BCUT2D eigenvalue weighted by Gasteiger charge is 2.24. The standard InChI is InChI=1S/C13H23N3O/c1-3-11-8-13(16(4-2)14-11)9-15-7-5-6-12(15)10-17/h8,12,17H,3-7,9-10H2,1-2H3. The van der Waals surface area contributed by atoms with Crippen molar-refractivity contribution in [3.63, 3.8) is 0 Å². The summed E-state index contributed by atoms with van der Waals surface area (Å²) >= 11 is 0. The zero-order valence-electron chi connectivity index (χ0n) is 10.9. The second-order valence-electron chi connectivity index (χ2n) is 4.75. The largest absolute Gasteiger partial charge is 0.395 e. The van der Waals surface area contributed by atoms with Crippen LogP contribution in [0.15, 0.2) is 6.07 Å². The second kappa shape index (κ2) is 5.65. The summed E-state index contributed by atoms with van der Waals surface area (Å²) in [7, 11) is 0. The number of rotatable bonds is 5. The number of likely N-dealkylation sites (tertiary alicyclic amines) is 1. The molecule has 0 spiro atoms. The van der Waals surface area contributed by atoms with Crippen LogP contribution in [-0.4, -0.2) is 39.0 Å². The second-order valence-corrected chi connectivity index (χ2v) is 4.75. The van der Waals surface area contributed by atoms with Crippen LogP contribution in [-0.2, 0) is 19.5 Å². The minimum atomic E-state index is 0.279. The van der Waals surface area contributed by atoms with Crippen LogP contribution >= 0.6 is 0 Å². The minimum absolute atomic E-state index is 0.279. The number of nitrogens with zero attached hydrogens (tertiary/aromatic N) is 3. The first-order valence-electron chi connectivity index (χ1n) is 6.69. The Morgan fingerprint density at radius 3 is 2.94 bits per heavy atom. The number of hydrogen-bond acceptors (Lipinski definition) is 3. The van der Waals surface area contributed by atoms with E-state index in [0.29, 0.717) is 6.04 Å². The molecule has 0 saturated carbocycles. The average Bonchev–Trinajstić information content (AvgIpc) is 2.95. The van der Waals surface area contributed by atoms with E-state index >= 15 is 0 Å². The predicted molar refractivity (Wildman–Crippen MR) is 67.8 cm³/mol. The smallest absolute Gasteiger partial charge is 0.0625 e. The molecule has 2 heterocycles. The maximum Gasteiger partial charge on any atom is 0.0625 e. The molecule has 1 aliphatic heterocycles. The minimum Gasteiger partial charge on any atom is -0.395 e. The summed E-state index contributed by atoms with van der Waals surface area (Å²) < 4.78 is 2.09. The number of aliphatic hydroxyl groups is 1. The maximum atomic E-state index is 9.33. The lowest BCUT2D eigenvalue weighted by Gasteiger charge is -2.22. The van der Waals surface area contributed by atoms with E-state index in [1.54, 1.807) is 0 Å². The molecule has 1 saturated heterocycles. The topological polar surface area (TPSA) is 41.3 Å². The summed E-state index contributed by atoms with van der Waals surface area (Å²) in [5.41, 5.74) is 2.45. The highest BCUT2D eigenvalue weighted by Crippen LogP contribution is 2.20. The van der Waals surface area contributed by atoms with Crippen LogP contribution in [0.1, 0.15) is 38.1 Å². The van der Waals surface area contributed by atoms with E-state index in [2.05, 4.69) is 34.6 Å². The lowest BCUT2D eigenvalue weighted by molar-refractivity contribution is 0.151. The summed E-state index contributed by atoms with van der Waals surface area (Å²) in [6.45, 7) is 7.49. The van der Waals surface area contributed by atoms with Crippen LogP contribution in [0.5, 0.6) is 0 Å². The van der Waals surface area contributed by atoms with Gasteiger partial charge in [0.05, 0.1) is 18.0 Å². The van der Waals surface area contributed by atoms with Crippen molar-refractivity contribution in [3.8, 4) is 0 Å². The van der Waals surface area contributed by atoms with Crippen molar-refractivity contribution in [1.29, 1.82) is 0 Å². The van der Waals surface area contributed by atoms with Crippen molar-refractivity contribution in [1.82, 2.24) is 14.7 Å². The molecule has 1 aromatic rings. The highest BCUT2D eigenvalue weighted by molar-refractivity contribution is 5.11. The van der Waals surface area contributed by atoms with Gasteiger partial charge in [-0.25, -0.2) is 0 Å². The Morgan fingerprint density at radius 1 is 1.47 bits per heavy atom. The molecule has 4 heteroatoms. The van der Waals surface area contributed by atoms with Gasteiger partial charge in [-0.1, -0.05) is 6.92 Å². The Labute approximate surface area is 103 Å². The molecule has 1 N–H and O–H groups in total. The molecule has 0 aromatic carbocycles. The quantitative estimate of drug-likeness (QED) is 0.842. The van der Waals surface area contributed by atoms with Gasteiger partial charge in [-0.2, -0.15) is 5.10 Å². The fourth-order valence-corrected chi connectivity index (χ4v) is 2.61. The van der Waals surface area contributed by atoms with E-state index < -0.39 is 0 Å². The number of aromatic nitrogens is 2. The normalized spacial score (nSPS) is 21.2. The van der Waals surface area contributed by atoms with Crippen LogP contribution in [0.4, 0.5) is 0 Å². The van der Waals surface area contributed by atoms with Gasteiger partial charge in [-0.05, 0) is 38.8 Å². The van der Waals surface area contributed by atoms with Gasteiger partial charge in [-0.15, -0.1) is 0 Å². The van der Waals surface area contributed by atoms with Crippen molar-refractivity contribution in [2.24, 2.45) is 0 Å². The van der Waals surface area contributed by atoms with Crippen LogP contribution < -0.4 is 0 Å². The summed E-state index contributed by atoms with van der Waals surface area (Å²) in [4.78, 5) is 2.38. The zero-order valence-corrected chi connectivity index (χ0v) is 10.9. The molecule has 1 unspecified atom stereocenters. The Kier molecular flexibility index (Phi) is 4.18. The molecule has 2 rings (SSSR count). The van der Waals surface area contributed by atoms with E-state index in [1.807, 2.05) is 0 Å². The molecule has 1 aromatic heterocycles. The van der Waals surface area contributed by atoms with Crippen LogP contribution in [0.25, 0.3) is 0 Å². The molecule has 0 amide bonds. The van der Waals surface area contributed by atoms with Gasteiger partial charge in [-0.3, -0.25) is 9.58 Å². The van der Waals surface area contributed by atoms with E-state index in [4.69, 9.17) is 0 Å². The van der Waals surface area contributed by atoms with Crippen molar-refractivity contribution >= 4 is 0 Å². The molecular weight excluding hydrogens is 214 g/mol. The van der Waals surface area contributed by atoms with E-state index in [0.717, 1.165) is 32.5 Å². The van der Waals surface area contributed by atoms with Crippen LogP contribution in [0, 0.1) is 0 Å². The molecule has 96 valence electrons. The number of aryl methyl sites for hydroxylation is 2. The fraction of sp³-hybridized carbons (Fsp3) is 0.769. The first-order chi connectivity index (χ1) is 8.28. The van der Waals surface area contributed by atoms with Gasteiger partial charge >= 0.3 is 0 Å². The lowest BCUT2D eigenvalue weighted by atomic mass is 10.2. The van der Waals surface area contributed by atoms with Crippen molar-refractivity contribution in [3.05, 3.63) is 17.5 Å². The first kappa shape index (κ1) is 12.6. The molecular formula is C13H23N3O. The zero-order chi connectivity index (χ0) is 12.3. The van der Waals surface area contributed by atoms with Gasteiger partial charge in [0, 0.05) is 19.1 Å². The molecule has 1 aliphatic rings. The molecule has 1 atom stereocenters. The van der Waals surface area contributed by atoms with E-state index in [-0.39, 0.29) is 6.61 Å². The Balaban J connectivity index is 2.09. The number of hydrogen-bond donors (Lipinski definition) is 1. The van der Waals surface area contributed by atoms with Crippen LogP contribution in [0.2, 0.25) is 0 Å². The molecule has 0 bridgehead atoms.